The Balaban J connectivity index is 2.10. The molecule has 0 saturated carbocycles. The van der Waals surface area contributed by atoms with E-state index in [2.05, 4.69) is 11.8 Å². The molecule has 0 amide bonds. The van der Waals surface area contributed by atoms with Crippen LogP contribution in [0.2, 0.25) is 0 Å². The zero-order chi connectivity index (χ0) is 25.4. The first-order valence-corrected chi connectivity index (χ1v) is 11.2. The molecule has 1 aromatic rings. The molecule has 2 unspecified atom stereocenters. The van der Waals surface area contributed by atoms with Crippen molar-refractivity contribution in [2.75, 3.05) is 6.67 Å². The van der Waals surface area contributed by atoms with Gasteiger partial charge in [0.15, 0.2) is 12.9 Å². The molecule has 10 heteroatoms. The summed E-state index contributed by atoms with van der Waals surface area (Å²) in [5.74, 6) is 0. The van der Waals surface area contributed by atoms with E-state index in [9.17, 15) is 18.3 Å². The van der Waals surface area contributed by atoms with Gasteiger partial charge in [-0.05, 0) is 64.3 Å². The van der Waals surface area contributed by atoms with Crippen molar-refractivity contribution in [3.8, 4) is 6.07 Å². The third kappa shape index (κ3) is 4.57. The van der Waals surface area contributed by atoms with Crippen molar-refractivity contribution in [3.63, 3.8) is 0 Å². The van der Waals surface area contributed by atoms with E-state index >= 15 is 0 Å². The van der Waals surface area contributed by atoms with Gasteiger partial charge in [0, 0.05) is 11.7 Å². The number of aliphatic hydroxyl groups excluding tert-OH is 1. The lowest BCUT2D eigenvalue weighted by molar-refractivity contribution is -0.406. The van der Waals surface area contributed by atoms with Crippen molar-refractivity contribution in [2.45, 2.75) is 64.6 Å². The van der Waals surface area contributed by atoms with Crippen LogP contribution in [0.3, 0.4) is 0 Å². The smallest absolute Gasteiger partial charge is 0.371 e. The number of aliphatic hydroxyl groups is 1. The number of rotatable bonds is 6. The maximum absolute atomic E-state index is 13.4. The normalized spacial score (nSPS) is 21.4. The Bertz CT molecular complexity index is 1050. The van der Waals surface area contributed by atoms with E-state index in [0.29, 0.717) is 34.6 Å². The molecule has 2 atom stereocenters. The number of halogens is 3. The minimum atomic E-state index is -4.45. The summed E-state index contributed by atoms with van der Waals surface area (Å²) in [7, 11) is 0. The third-order valence-electron chi connectivity index (χ3n) is 6.30. The molecule has 0 fully saturated rings. The number of allylic oxidation sites excluding steroid dienone is 5. The summed E-state index contributed by atoms with van der Waals surface area (Å²) < 4.78 is 40.3. The largest absolute Gasteiger partial charge is 0.416 e. The van der Waals surface area contributed by atoms with Crippen LogP contribution in [0.5, 0.6) is 0 Å². The molecule has 3 rings (SSSR count). The zero-order valence-corrected chi connectivity index (χ0v) is 19.9. The van der Waals surface area contributed by atoms with Gasteiger partial charge in [0.25, 0.3) is 0 Å². The Morgan fingerprint density at radius 2 is 1.91 bits per heavy atom. The van der Waals surface area contributed by atoms with Crippen LogP contribution in [0, 0.1) is 11.3 Å². The van der Waals surface area contributed by atoms with Gasteiger partial charge in [0.2, 0.25) is 0 Å². The number of hydrogen-bond acceptors (Lipinski definition) is 6. The Morgan fingerprint density at radius 3 is 2.41 bits per heavy atom. The molecule has 2 aliphatic rings. The third-order valence-corrected chi connectivity index (χ3v) is 6.30. The number of nitrogens with two attached hydrogens (primary N) is 1. The van der Waals surface area contributed by atoms with E-state index in [1.807, 2.05) is 13.8 Å². The van der Waals surface area contributed by atoms with Crippen molar-refractivity contribution in [3.05, 3.63) is 70.2 Å². The second-order valence-electron chi connectivity index (χ2n) is 8.95. The van der Waals surface area contributed by atoms with Crippen molar-refractivity contribution in [1.29, 1.82) is 5.26 Å². The van der Waals surface area contributed by atoms with Crippen molar-refractivity contribution >= 4 is 0 Å². The SMILES string of the molecule is CC1=C(N(C[NH3+])C(C)(N)c2ccc(C#N)cc2)C(O)N(C(C)C)N1C1=CC(C(F)(F)F)=CCC1. The number of alkyl halides is 3. The fourth-order valence-corrected chi connectivity index (χ4v) is 4.61. The van der Waals surface area contributed by atoms with E-state index in [0.717, 1.165) is 6.08 Å². The van der Waals surface area contributed by atoms with Crippen molar-refractivity contribution in [2.24, 2.45) is 5.73 Å². The Hall–Kier alpha value is -2.84. The highest BCUT2D eigenvalue weighted by atomic mass is 19.4. The highest BCUT2D eigenvalue weighted by molar-refractivity contribution is 5.37. The predicted octanol–water partition coefficient (Wildman–Crippen LogP) is 2.85. The van der Waals surface area contributed by atoms with E-state index in [-0.39, 0.29) is 19.1 Å². The van der Waals surface area contributed by atoms with Crippen molar-refractivity contribution < 1.29 is 24.0 Å². The fraction of sp³-hybridized carbons (Fsp3) is 0.458. The first-order valence-electron chi connectivity index (χ1n) is 11.2. The number of nitriles is 1. The average molecular weight is 478 g/mol. The van der Waals surface area contributed by atoms with Crippen LogP contribution < -0.4 is 11.5 Å². The Kier molecular flexibility index (Phi) is 7.15. The van der Waals surface area contributed by atoms with Crippen LogP contribution in [0.1, 0.15) is 51.7 Å². The fourth-order valence-electron chi connectivity index (χ4n) is 4.61. The summed E-state index contributed by atoms with van der Waals surface area (Å²) >= 11 is 0. The lowest BCUT2D eigenvalue weighted by Crippen LogP contribution is -2.66. The Labute approximate surface area is 198 Å². The van der Waals surface area contributed by atoms with Gasteiger partial charge < -0.3 is 21.5 Å². The second-order valence-corrected chi connectivity index (χ2v) is 8.95. The summed E-state index contributed by atoms with van der Waals surface area (Å²) in [4.78, 5) is 1.76. The number of hydrogen-bond donors (Lipinski definition) is 3. The molecule has 184 valence electrons. The first-order chi connectivity index (χ1) is 15.8. The summed E-state index contributed by atoms with van der Waals surface area (Å²) in [6.07, 6.45) is -2.59. The molecule has 0 saturated heterocycles. The van der Waals surface area contributed by atoms with Gasteiger partial charge in [-0.1, -0.05) is 18.2 Å². The van der Waals surface area contributed by atoms with E-state index in [1.54, 1.807) is 53.0 Å². The van der Waals surface area contributed by atoms with Gasteiger partial charge >= 0.3 is 6.18 Å². The average Bonchev–Trinajstić information content (AvgIpc) is 3.04. The van der Waals surface area contributed by atoms with E-state index < -0.39 is 23.6 Å². The first kappa shape index (κ1) is 25.8. The quantitative estimate of drug-likeness (QED) is 0.544. The molecule has 0 radical (unpaired) electrons. The number of quaternary nitrogens is 1. The zero-order valence-electron chi connectivity index (χ0n) is 19.9. The maximum atomic E-state index is 13.4. The molecular formula is C24H32F3N6O+. The molecule has 0 aromatic heterocycles. The molecule has 34 heavy (non-hydrogen) atoms. The van der Waals surface area contributed by atoms with Gasteiger partial charge in [0.05, 0.1) is 28.6 Å². The highest BCUT2D eigenvalue weighted by Gasteiger charge is 2.46. The molecule has 1 aliphatic carbocycles. The second kappa shape index (κ2) is 9.43. The number of benzene rings is 1. The van der Waals surface area contributed by atoms with Crippen LogP contribution in [0.25, 0.3) is 0 Å². The number of hydrazine groups is 1. The van der Waals surface area contributed by atoms with Gasteiger partial charge in [0.1, 0.15) is 5.66 Å². The van der Waals surface area contributed by atoms with Gasteiger partial charge in [-0.2, -0.15) is 23.4 Å². The van der Waals surface area contributed by atoms with Crippen LogP contribution in [-0.4, -0.2) is 45.1 Å². The van der Waals surface area contributed by atoms with E-state index in [4.69, 9.17) is 11.0 Å². The topological polar surface area (TPSA) is 107 Å². The van der Waals surface area contributed by atoms with Crippen LogP contribution >= 0.6 is 0 Å². The van der Waals surface area contributed by atoms with Crippen LogP contribution in [0.15, 0.2) is 59.1 Å². The minimum Gasteiger partial charge on any atom is -0.371 e. The van der Waals surface area contributed by atoms with Gasteiger partial charge in [-0.3, -0.25) is 5.01 Å². The maximum Gasteiger partial charge on any atom is 0.416 e. The highest BCUT2D eigenvalue weighted by Crippen LogP contribution is 2.41. The monoisotopic (exact) mass is 477 g/mol. The molecule has 7 nitrogen and oxygen atoms in total. The summed E-state index contributed by atoms with van der Waals surface area (Å²) in [5.41, 5.74) is 11.7. The molecule has 0 bridgehead atoms. The predicted molar refractivity (Wildman–Crippen MR) is 121 cm³/mol. The van der Waals surface area contributed by atoms with Crippen LogP contribution in [-0.2, 0) is 5.66 Å². The number of nitrogens with zero attached hydrogens (tertiary/aromatic N) is 4. The summed E-state index contributed by atoms with van der Waals surface area (Å²) in [5, 5.41) is 23.8. The van der Waals surface area contributed by atoms with Crippen molar-refractivity contribution in [1.82, 2.24) is 14.9 Å². The standard InChI is InChI=1S/C24H31F3N6O/c1-15(2)32-22(34)21(16(3)33(32)20-7-5-6-19(12-20)24(25,26)27)31(14-29)23(4,30)18-10-8-17(13-28)9-11-18/h6,8-12,15,22,34H,5,7,14,29-30H2,1-4H3/p+1. The van der Waals surface area contributed by atoms with Gasteiger partial charge in [-0.25, -0.2) is 0 Å². The Morgan fingerprint density at radius 1 is 1.29 bits per heavy atom. The lowest BCUT2D eigenvalue weighted by Gasteiger charge is -2.41. The van der Waals surface area contributed by atoms with Gasteiger partial charge in [-0.15, -0.1) is 0 Å². The lowest BCUT2D eigenvalue weighted by atomic mass is 9.98. The summed E-state index contributed by atoms with van der Waals surface area (Å²) in [6.45, 7) is 7.48. The molecule has 0 spiro atoms. The molecular weight excluding hydrogens is 445 g/mol. The summed E-state index contributed by atoms with van der Waals surface area (Å²) in [6, 6.07) is 8.69. The molecule has 1 heterocycles. The molecule has 1 aromatic carbocycles. The minimum absolute atomic E-state index is 0.198. The molecule has 1 aliphatic heterocycles. The van der Waals surface area contributed by atoms with Crippen LogP contribution in [0.4, 0.5) is 13.2 Å². The van der Waals surface area contributed by atoms with E-state index in [1.165, 1.54) is 6.08 Å². The molecule has 6 N–H and O–H groups in total.